The Morgan fingerprint density at radius 1 is 1.69 bits per heavy atom. The molecule has 0 bridgehead atoms. The van der Waals surface area contributed by atoms with Gasteiger partial charge in [0.05, 0.1) is 12.2 Å². The van der Waals surface area contributed by atoms with Crippen molar-refractivity contribution in [3.63, 3.8) is 0 Å². The third kappa shape index (κ3) is 2.32. The summed E-state index contributed by atoms with van der Waals surface area (Å²) in [6.45, 7) is 1.83. The maximum atomic E-state index is 9.55. The summed E-state index contributed by atoms with van der Waals surface area (Å²) in [4.78, 5) is 2.64. The van der Waals surface area contributed by atoms with Crippen LogP contribution in [-0.4, -0.2) is 36.8 Å². The van der Waals surface area contributed by atoms with Gasteiger partial charge in [-0.3, -0.25) is 0 Å². The summed E-state index contributed by atoms with van der Waals surface area (Å²) in [5.74, 6) is 0. The number of ether oxygens (including phenoxy) is 2. The van der Waals surface area contributed by atoms with Crippen molar-refractivity contribution < 1.29 is 14.6 Å². The van der Waals surface area contributed by atoms with Crippen LogP contribution in [0.25, 0.3) is 10.4 Å². The molecule has 1 aliphatic rings. The summed E-state index contributed by atoms with van der Waals surface area (Å²) in [7, 11) is 1.45. The number of azide groups is 1. The van der Waals surface area contributed by atoms with Gasteiger partial charge in [0.25, 0.3) is 0 Å². The molecule has 13 heavy (non-hydrogen) atoms. The molecule has 1 aliphatic heterocycles. The number of nitrogens with zero attached hydrogens (tertiary/aromatic N) is 3. The van der Waals surface area contributed by atoms with Crippen LogP contribution in [0.4, 0.5) is 0 Å². The van der Waals surface area contributed by atoms with Crippen molar-refractivity contribution in [1.82, 2.24) is 0 Å². The first-order valence-corrected chi connectivity index (χ1v) is 4.09. The molecule has 0 aromatic rings. The van der Waals surface area contributed by atoms with Crippen molar-refractivity contribution in [2.75, 3.05) is 7.11 Å². The van der Waals surface area contributed by atoms with Gasteiger partial charge >= 0.3 is 0 Å². The molecule has 4 atom stereocenters. The van der Waals surface area contributed by atoms with Gasteiger partial charge < -0.3 is 14.6 Å². The third-order valence-corrected chi connectivity index (χ3v) is 2.03. The summed E-state index contributed by atoms with van der Waals surface area (Å²) >= 11 is 0. The maximum Gasteiger partial charge on any atom is 0.168 e. The Hall–Kier alpha value is -0.810. The average molecular weight is 187 g/mol. The lowest BCUT2D eigenvalue weighted by Crippen LogP contribution is -2.47. The van der Waals surface area contributed by atoms with Crippen LogP contribution in [0, 0.1) is 0 Å². The van der Waals surface area contributed by atoms with Crippen LogP contribution >= 0.6 is 0 Å². The minimum Gasteiger partial charge on any atom is -0.392 e. The highest BCUT2D eigenvalue weighted by Gasteiger charge is 2.35. The van der Waals surface area contributed by atoms with Crippen LogP contribution in [0.15, 0.2) is 5.11 Å². The Kier molecular flexibility index (Phi) is 3.50. The second kappa shape index (κ2) is 4.43. The van der Waals surface area contributed by atoms with Crippen LogP contribution in [-0.2, 0) is 9.47 Å². The SMILES string of the molecule is CO[C@H]1O[C@H](C)C[C@@H](O)[C@@H]1N=[N+]=[N-]. The molecule has 1 heterocycles. The van der Waals surface area contributed by atoms with Gasteiger partial charge in [-0.1, -0.05) is 5.11 Å². The van der Waals surface area contributed by atoms with Gasteiger partial charge in [-0.25, -0.2) is 0 Å². The summed E-state index contributed by atoms with van der Waals surface area (Å²) in [6, 6.07) is -0.647. The van der Waals surface area contributed by atoms with Gasteiger partial charge in [0, 0.05) is 12.0 Å². The number of rotatable bonds is 2. The Labute approximate surface area is 76.1 Å². The van der Waals surface area contributed by atoms with Gasteiger partial charge in [-0.05, 0) is 18.9 Å². The fourth-order valence-electron chi connectivity index (χ4n) is 1.41. The third-order valence-electron chi connectivity index (χ3n) is 2.03. The molecule has 0 saturated carbocycles. The predicted molar refractivity (Wildman–Crippen MR) is 44.9 cm³/mol. The van der Waals surface area contributed by atoms with E-state index in [0.29, 0.717) is 6.42 Å². The minimum absolute atomic E-state index is 0.0786. The van der Waals surface area contributed by atoms with E-state index in [4.69, 9.17) is 15.0 Å². The molecule has 0 aromatic carbocycles. The van der Waals surface area contributed by atoms with E-state index >= 15 is 0 Å². The number of methoxy groups -OCH3 is 1. The van der Waals surface area contributed by atoms with Gasteiger partial charge in [0.2, 0.25) is 0 Å². The van der Waals surface area contributed by atoms with Crippen molar-refractivity contribution in [3.05, 3.63) is 10.4 Å². The minimum atomic E-state index is -0.690. The first kappa shape index (κ1) is 10.3. The van der Waals surface area contributed by atoms with Crippen LogP contribution < -0.4 is 0 Å². The van der Waals surface area contributed by atoms with E-state index in [1.807, 2.05) is 6.92 Å². The van der Waals surface area contributed by atoms with E-state index in [9.17, 15) is 5.11 Å². The fourth-order valence-corrected chi connectivity index (χ4v) is 1.41. The number of hydrogen-bond donors (Lipinski definition) is 1. The van der Waals surface area contributed by atoms with Crippen molar-refractivity contribution >= 4 is 0 Å². The highest BCUT2D eigenvalue weighted by atomic mass is 16.7. The zero-order valence-corrected chi connectivity index (χ0v) is 7.62. The molecule has 0 aliphatic carbocycles. The van der Waals surface area contributed by atoms with Crippen LogP contribution in [0.5, 0.6) is 0 Å². The van der Waals surface area contributed by atoms with E-state index in [1.54, 1.807) is 0 Å². The second-order valence-corrected chi connectivity index (χ2v) is 3.05. The average Bonchev–Trinajstić information content (AvgIpc) is 2.09. The molecule has 0 radical (unpaired) electrons. The summed E-state index contributed by atoms with van der Waals surface area (Å²) in [5.41, 5.74) is 8.25. The molecule has 1 fully saturated rings. The second-order valence-electron chi connectivity index (χ2n) is 3.05. The fraction of sp³-hybridized carbons (Fsp3) is 1.00. The molecule has 1 N–H and O–H groups in total. The molecule has 6 nitrogen and oxygen atoms in total. The molecule has 1 saturated heterocycles. The lowest BCUT2D eigenvalue weighted by molar-refractivity contribution is -0.209. The van der Waals surface area contributed by atoms with Crippen LogP contribution in [0.2, 0.25) is 0 Å². The van der Waals surface area contributed by atoms with Gasteiger partial charge in [0.1, 0.15) is 6.04 Å². The lowest BCUT2D eigenvalue weighted by Gasteiger charge is -2.35. The van der Waals surface area contributed by atoms with E-state index in [1.165, 1.54) is 7.11 Å². The van der Waals surface area contributed by atoms with E-state index in [2.05, 4.69) is 10.0 Å². The Bertz CT molecular complexity index is 217. The monoisotopic (exact) mass is 187 g/mol. The number of aliphatic hydroxyl groups excluding tert-OH is 1. The topological polar surface area (TPSA) is 87.5 Å². The molecule has 0 unspecified atom stereocenters. The molecule has 0 amide bonds. The van der Waals surface area contributed by atoms with Gasteiger partial charge in [-0.2, -0.15) is 0 Å². The number of aliphatic hydroxyl groups is 1. The molecule has 6 heteroatoms. The lowest BCUT2D eigenvalue weighted by atomic mass is 10.0. The predicted octanol–water partition coefficient (Wildman–Crippen LogP) is 0.807. The summed E-state index contributed by atoms with van der Waals surface area (Å²) in [6.07, 6.45) is -0.951. The Morgan fingerprint density at radius 3 is 2.92 bits per heavy atom. The molecular weight excluding hydrogens is 174 g/mol. The first-order chi connectivity index (χ1) is 6.19. The van der Waals surface area contributed by atoms with Crippen molar-refractivity contribution in [2.24, 2.45) is 5.11 Å². The van der Waals surface area contributed by atoms with E-state index in [0.717, 1.165) is 0 Å². The zero-order valence-electron chi connectivity index (χ0n) is 7.62. The largest absolute Gasteiger partial charge is 0.392 e. The molecule has 0 spiro atoms. The molecular formula is C7H13N3O3. The standard InChI is InChI=1S/C7H13N3O3/c1-4-3-5(11)6(9-10-8)7(12-2)13-4/h4-7,11H,3H2,1-2H3/t4-,5-,6+,7+/m1/s1. The van der Waals surface area contributed by atoms with Crippen molar-refractivity contribution in [3.8, 4) is 0 Å². The summed E-state index contributed by atoms with van der Waals surface area (Å²) < 4.78 is 10.3. The smallest absolute Gasteiger partial charge is 0.168 e. The van der Waals surface area contributed by atoms with Crippen molar-refractivity contribution in [1.29, 1.82) is 0 Å². The van der Waals surface area contributed by atoms with Crippen molar-refractivity contribution in [2.45, 2.75) is 37.9 Å². The van der Waals surface area contributed by atoms with Gasteiger partial charge in [0.15, 0.2) is 6.29 Å². The highest BCUT2D eigenvalue weighted by Crippen LogP contribution is 2.23. The van der Waals surface area contributed by atoms with Crippen LogP contribution in [0.3, 0.4) is 0 Å². The van der Waals surface area contributed by atoms with E-state index in [-0.39, 0.29) is 6.10 Å². The first-order valence-electron chi connectivity index (χ1n) is 4.09. The molecule has 74 valence electrons. The normalized spacial score (nSPS) is 39.6. The maximum absolute atomic E-state index is 9.55. The Balaban J connectivity index is 2.71. The van der Waals surface area contributed by atoms with Crippen LogP contribution in [0.1, 0.15) is 13.3 Å². The van der Waals surface area contributed by atoms with E-state index < -0.39 is 18.4 Å². The molecule has 1 rings (SSSR count). The highest BCUT2D eigenvalue weighted by molar-refractivity contribution is 4.85. The summed E-state index contributed by atoms with van der Waals surface area (Å²) in [5, 5.41) is 13.0. The van der Waals surface area contributed by atoms with Gasteiger partial charge in [-0.15, -0.1) is 0 Å². The Morgan fingerprint density at radius 2 is 2.38 bits per heavy atom. The zero-order chi connectivity index (χ0) is 9.84. The quantitative estimate of drug-likeness (QED) is 0.394. The molecule has 0 aromatic heterocycles. The number of hydrogen-bond acceptors (Lipinski definition) is 4.